The molecule has 0 bridgehead atoms. The number of hydrogen-bond donors (Lipinski definition) is 2. The van der Waals surface area contributed by atoms with Crippen molar-refractivity contribution >= 4 is 26.9 Å². The first-order valence-corrected chi connectivity index (χ1v) is 12.0. The number of carbonyl (C=O) groups excluding carboxylic acids is 1. The molecule has 3 aromatic rings. The predicted molar refractivity (Wildman–Crippen MR) is 119 cm³/mol. The van der Waals surface area contributed by atoms with Crippen molar-refractivity contribution in [2.75, 3.05) is 7.05 Å². The molecular weight excluding hydrogens is 435 g/mol. The fourth-order valence-electron chi connectivity index (χ4n) is 3.62. The number of furan rings is 1. The summed E-state index contributed by atoms with van der Waals surface area (Å²) in [6, 6.07) is 8.33. The number of amides is 1. The van der Waals surface area contributed by atoms with Crippen LogP contribution in [0.5, 0.6) is 5.75 Å². The maximum atomic E-state index is 13.4. The molecule has 2 N–H and O–H groups in total. The van der Waals surface area contributed by atoms with Gasteiger partial charge in [0.05, 0.1) is 11.7 Å². The lowest BCUT2D eigenvalue weighted by Gasteiger charge is -2.26. The van der Waals surface area contributed by atoms with E-state index in [1.165, 1.54) is 43.4 Å². The quantitative estimate of drug-likeness (QED) is 0.550. The van der Waals surface area contributed by atoms with E-state index < -0.39 is 21.7 Å². The fraction of sp³-hybridized carbons (Fsp3) is 0.348. The average molecular weight is 461 g/mol. The summed E-state index contributed by atoms with van der Waals surface area (Å²) < 4.78 is 54.2. The van der Waals surface area contributed by atoms with Gasteiger partial charge in [-0.15, -0.1) is 0 Å². The number of nitrogens with one attached hydrogen (secondary N) is 2. The molecule has 4 rings (SSSR count). The van der Waals surface area contributed by atoms with E-state index in [0.717, 1.165) is 19.3 Å². The zero-order valence-electron chi connectivity index (χ0n) is 18.1. The third-order valence-electron chi connectivity index (χ3n) is 5.39. The number of halogens is 1. The molecule has 1 heterocycles. The maximum absolute atomic E-state index is 13.4. The number of benzene rings is 2. The van der Waals surface area contributed by atoms with Crippen molar-refractivity contribution < 1.29 is 26.8 Å². The van der Waals surface area contributed by atoms with Crippen LogP contribution in [-0.4, -0.2) is 33.5 Å². The number of fused-ring (bicyclic) bond motifs is 1. The Morgan fingerprint density at radius 1 is 1.19 bits per heavy atom. The van der Waals surface area contributed by atoms with Gasteiger partial charge in [0.2, 0.25) is 10.0 Å². The molecule has 0 atom stereocenters. The van der Waals surface area contributed by atoms with Gasteiger partial charge in [-0.3, -0.25) is 4.79 Å². The number of hydrogen-bond acceptors (Lipinski definition) is 5. The van der Waals surface area contributed by atoms with E-state index in [-0.39, 0.29) is 39.7 Å². The lowest BCUT2D eigenvalue weighted by Crippen LogP contribution is -2.39. The Kier molecular flexibility index (Phi) is 5.96. The average Bonchev–Trinajstić information content (AvgIpc) is 3.08. The summed E-state index contributed by atoms with van der Waals surface area (Å²) in [5.74, 6) is -0.483. The van der Waals surface area contributed by atoms with E-state index in [1.54, 1.807) is 13.8 Å². The molecule has 1 aliphatic rings. The summed E-state index contributed by atoms with van der Waals surface area (Å²) in [6.07, 6.45) is 2.27. The molecule has 1 aromatic heterocycles. The van der Waals surface area contributed by atoms with Crippen LogP contribution < -0.4 is 14.8 Å². The van der Waals surface area contributed by atoms with Gasteiger partial charge in [0.25, 0.3) is 5.91 Å². The lowest BCUT2D eigenvalue weighted by molar-refractivity contribution is 0.0964. The summed E-state index contributed by atoms with van der Waals surface area (Å²) in [4.78, 5) is 12.7. The number of sulfonamides is 1. The van der Waals surface area contributed by atoms with Crippen LogP contribution in [0.2, 0.25) is 0 Å². The van der Waals surface area contributed by atoms with Crippen molar-refractivity contribution in [2.24, 2.45) is 0 Å². The minimum Gasteiger partial charge on any atom is -0.490 e. The Morgan fingerprint density at radius 3 is 2.44 bits per heavy atom. The second-order valence-corrected chi connectivity index (χ2v) is 9.79. The standard InChI is InChI=1S/C23H25FN2O5S/c1-13(2)30-19-11-17-18(12-20(19)32(28,29)26-16-5-4-6-16)31-22(21(17)23(27)25-3)14-7-9-15(24)10-8-14/h7-13,16,26H,4-6H2,1-3H3,(H,25,27). The lowest BCUT2D eigenvalue weighted by atomic mass is 9.94. The summed E-state index contributed by atoms with van der Waals surface area (Å²) in [6.45, 7) is 3.58. The summed E-state index contributed by atoms with van der Waals surface area (Å²) >= 11 is 0. The van der Waals surface area contributed by atoms with E-state index in [0.29, 0.717) is 10.9 Å². The van der Waals surface area contributed by atoms with Crippen LogP contribution in [0.1, 0.15) is 43.5 Å². The highest BCUT2D eigenvalue weighted by Gasteiger charge is 2.30. The molecule has 1 saturated carbocycles. The van der Waals surface area contributed by atoms with Crippen LogP contribution in [0.4, 0.5) is 4.39 Å². The van der Waals surface area contributed by atoms with Gasteiger partial charge < -0.3 is 14.5 Å². The van der Waals surface area contributed by atoms with E-state index >= 15 is 0 Å². The summed E-state index contributed by atoms with van der Waals surface area (Å²) in [5.41, 5.74) is 0.927. The Labute approximate surface area is 186 Å². The van der Waals surface area contributed by atoms with Gasteiger partial charge in [-0.2, -0.15) is 0 Å². The Bertz CT molecular complexity index is 1260. The minimum absolute atomic E-state index is 0.0477. The highest BCUT2D eigenvalue weighted by Crippen LogP contribution is 2.39. The Hall–Kier alpha value is -2.91. The van der Waals surface area contributed by atoms with Crippen molar-refractivity contribution in [3.8, 4) is 17.1 Å². The highest BCUT2D eigenvalue weighted by molar-refractivity contribution is 7.89. The number of ether oxygens (including phenoxy) is 1. The number of carbonyl (C=O) groups is 1. The van der Waals surface area contributed by atoms with Gasteiger partial charge in [-0.1, -0.05) is 6.42 Å². The highest BCUT2D eigenvalue weighted by atomic mass is 32.2. The van der Waals surface area contributed by atoms with E-state index in [9.17, 15) is 17.6 Å². The van der Waals surface area contributed by atoms with Crippen LogP contribution in [0.15, 0.2) is 45.7 Å². The van der Waals surface area contributed by atoms with Crippen molar-refractivity contribution in [2.45, 2.75) is 50.2 Å². The first-order valence-electron chi connectivity index (χ1n) is 10.5. The van der Waals surface area contributed by atoms with Gasteiger partial charge in [-0.25, -0.2) is 17.5 Å². The van der Waals surface area contributed by atoms with Gasteiger partial charge in [0.1, 0.15) is 27.8 Å². The zero-order valence-corrected chi connectivity index (χ0v) is 18.9. The normalized spacial score (nSPS) is 14.5. The second-order valence-electron chi connectivity index (χ2n) is 8.10. The summed E-state index contributed by atoms with van der Waals surface area (Å²) in [5, 5.41) is 2.99. The minimum atomic E-state index is -3.87. The van der Waals surface area contributed by atoms with Gasteiger partial charge >= 0.3 is 0 Å². The SMILES string of the molecule is CNC(=O)c1c(-c2ccc(F)cc2)oc2cc(S(=O)(=O)NC3CCC3)c(OC(C)C)cc12. The van der Waals surface area contributed by atoms with Crippen LogP contribution in [0.25, 0.3) is 22.3 Å². The van der Waals surface area contributed by atoms with Crippen molar-refractivity contribution in [1.82, 2.24) is 10.0 Å². The molecule has 1 aliphatic carbocycles. The van der Waals surface area contributed by atoms with Crippen LogP contribution in [-0.2, 0) is 10.0 Å². The fourth-order valence-corrected chi connectivity index (χ4v) is 5.06. The van der Waals surface area contributed by atoms with Crippen molar-refractivity contribution in [1.29, 1.82) is 0 Å². The first-order chi connectivity index (χ1) is 15.2. The van der Waals surface area contributed by atoms with Crippen LogP contribution in [0.3, 0.4) is 0 Å². The van der Waals surface area contributed by atoms with Crippen molar-refractivity contribution in [3.05, 3.63) is 47.8 Å². The third kappa shape index (κ3) is 4.22. The van der Waals surface area contributed by atoms with Gasteiger partial charge in [0.15, 0.2) is 0 Å². The zero-order chi connectivity index (χ0) is 23.0. The van der Waals surface area contributed by atoms with Crippen molar-refractivity contribution in [3.63, 3.8) is 0 Å². The molecule has 0 spiro atoms. The molecule has 7 nitrogen and oxygen atoms in total. The van der Waals surface area contributed by atoms with E-state index in [2.05, 4.69) is 10.0 Å². The molecule has 0 unspecified atom stereocenters. The number of rotatable bonds is 7. The molecule has 0 saturated heterocycles. The van der Waals surface area contributed by atoms with Gasteiger partial charge in [0, 0.05) is 30.1 Å². The molecule has 0 radical (unpaired) electrons. The van der Waals surface area contributed by atoms with Crippen LogP contribution >= 0.6 is 0 Å². The largest absolute Gasteiger partial charge is 0.490 e. The molecule has 32 heavy (non-hydrogen) atoms. The molecule has 170 valence electrons. The first kappa shape index (κ1) is 22.3. The molecular formula is C23H25FN2O5S. The Balaban J connectivity index is 1.94. The third-order valence-corrected chi connectivity index (χ3v) is 6.94. The molecule has 1 fully saturated rings. The van der Waals surface area contributed by atoms with Gasteiger partial charge in [-0.05, 0) is 57.0 Å². The van der Waals surface area contributed by atoms with E-state index in [1.807, 2.05) is 0 Å². The molecule has 9 heteroatoms. The molecule has 0 aliphatic heterocycles. The maximum Gasteiger partial charge on any atom is 0.255 e. The second kappa shape index (κ2) is 8.55. The summed E-state index contributed by atoms with van der Waals surface area (Å²) in [7, 11) is -2.38. The predicted octanol–water partition coefficient (Wildman–Crippen LogP) is 4.22. The molecule has 1 amide bonds. The van der Waals surface area contributed by atoms with E-state index in [4.69, 9.17) is 9.15 Å². The topological polar surface area (TPSA) is 97.6 Å². The Morgan fingerprint density at radius 2 is 1.88 bits per heavy atom. The van der Waals surface area contributed by atoms with Crippen LogP contribution in [0, 0.1) is 5.82 Å². The molecule has 2 aromatic carbocycles. The monoisotopic (exact) mass is 460 g/mol. The smallest absolute Gasteiger partial charge is 0.255 e.